The Hall–Kier alpha value is -2.81. The SMILES string of the molecule is COCC(NC(=O)c1nn(-c2cccc(F)c2F)c2c1CCC2)C(=O)O. The van der Waals surface area contributed by atoms with Crippen LogP contribution in [0.15, 0.2) is 18.2 Å². The van der Waals surface area contributed by atoms with Crippen LogP contribution in [0.4, 0.5) is 8.78 Å². The lowest BCUT2D eigenvalue weighted by molar-refractivity contribution is -0.140. The number of fused-ring (bicyclic) bond motifs is 1. The average molecular weight is 365 g/mol. The van der Waals surface area contributed by atoms with Gasteiger partial charge in [-0.15, -0.1) is 0 Å². The highest BCUT2D eigenvalue weighted by atomic mass is 19.2. The van der Waals surface area contributed by atoms with E-state index >= 15 is 0 Å². The zero-order valence-electron chi connectivity index (χ0n) is 14.0. The molecule has 2 N–H and O–H groups in total. The molecule has 26 heavy (non-hydrogen) atoms. The van der Waals surface area contributed by atoms with E-state index in [0.29, 0.717) is 24.1 Å². The minimum Gasteiger partial charge on any atom is -0.480 e. The minimum atomic E-state index is -1.24. The Balaban J connectivity index is 1.98. The number of aromatic nitrogens is 2. The van der Waals surface area contributed by atoms with Crippen molar-refractivity contribution in [3.63, 3.8) is 0 Å². The number of halogens is 2. The van der Waals surface area contributed by atoms with Crippen molar-refractivity contribution in [2.75, 3.05) is 13.7 Å². The van der Waals surface area contributed by atoms with Crippen LogP contribution in [0.2, 0.25) is 0 Å². The van der Waals surface area contributed by atoms with E-state index < -0.39 is 29.6 Å². The van der Waals surface area contributed by atoms with Crippen LogP contribution in [0.1, 0.15) is 28.2 Å². The number of ether oxygens (including phenoxy) is 1. The lowest BCUT2D eigenvalue weighted by Gasteiger charge is -2.12. The first-order valence-electron chi connectivity index (χ1n) is 8.01. The first-order chi connectivity index (χ1) is 12.4. The Morgan fingerprint density at radius 1 is 1.38 bits per heavy atom. The van der Waals surface area contributed by atoms with Gasteiger partial charge >= 0.3 is 5.97 Å². The number of rotatable bonds is 6. The second kappa shape index (κ2) is 7.20. The van der Waals surface area contributed by atoms with Gasteiger partial charge in [-0.25, -0.2) is 18.3 Å². The van der Waals surface area contributed by atoms with Gasteiger partial charge in [0.25, 0.3) is 5.91 Å². The Bertz CT molecular complexity index is 866. The van der Waals surface area contributed by atoms with Crippen LogP contribution < -0.4 is 5.32 Å². The molecule has 1 aromatic heterocycles. The molecule has 138 valence electrons. The van der Waals surface area contributed by atoms with Crippen molar-refractivity contribution in [1.29, 1.82) is 0 Å². The molecule has 0 saturated carbocycles. The number of aliphatic carboxylic acids is 1. The molecule has 1 amide bonds. The fourth-order valence-electron chi connectivity index (χ4n) is 3.04. The van der Waals surface area contributed by atoms with Crippen LogP contribution in [0.25, 0.3) is 5.69 Å². The van der Waals surface area contributed by atoms with E-state index in [-0.39, 0.29) is 18.0 Å². The first-order valence-corrected chi connectivity index (χ1v) is 8.01. The van der Waals surface area contributed by atoms with Gasteiger partial charge in [0.1, 0.15) is 5.69 Å². The third-order valence-corrected chi connectivity index (χ3v) is 4.24. The molecule has 1 aliphatic carbocycles. The summed E-state index contributed by atoms with van der Waals surface area (Å²) >= 11 is 0. The smallest absolute Gasteiger partial charge is 0.328 e. The predicted octanol–water partition coefficient (Wildman–Crippen LogP) is 1.47. The van der Waals surface area contributed by atoms with Gasteiger partial charge in [-0.05, 0) is 31.4 Å². The summed E-state index contributed by atoms with van der Waals surface area (Å²) in [6.07, 6.45) is 1.86. The quantitative estimate of drug-likeness (QED) is 0.809. The summed E-state index contributed by atoms with van der Waals surface area (Å²) in [5.41, 5.74) is 1.17. The van der Waals surface area contributed by atoms with Crippen LogP contribution in [0.3, 0.4) is 0 Å². The number of methoxy groups -OCH3 is 1. The predicted molar refractivity (Wildman–Crippen MR) is 86.3 cm³/mol. The molecule has 0 bridgehead atoms. The van der Waals surface area contributed by atoms with Gasteiger partial charge in [-0.3, -0.25) is 4.79 Å². The number of nitrogens with one attached hydrogen (secondary N) is 1. The maximum atomic E-state index is 14.2. The number of benzene rings is 1. The van der Waals surface area contributed by atoms with Crippen molar-refractivity contribution in [1.82, 2.24) is 15.1 Å². The molecule has 0 saturated heterocycles. The van der Waals surface area contributed by atoms with Gasteiger partial charge in [0.2, 0.25) is 0 Å². The summed E-state index contributed by atoms with van der Waals surface area (Å²) in [6, 6.07) is 2.49. The average Bonchev–Trinajstić information content (AvgIpc) is 3.19. The first kappa shape index (κ1) is 18.0. The summed E-state index contributed by atoms with van der Waals surface area (Å²) in [4.78, 5) is 23.7. The number of carbonyl (C=O) groups excluding carboxylic acids is 1. The Morgan fingerprint density at radius 3 is 2.85 bits per heavy atom. The van der Waals surface area contributed by atoms with E-state index in [9.17, 15) is 18.4 Å². The second-order valence-corrected chi connectivity index (χ2v) is 5.93. The highest BCUT2D eigenvalue weighted by Crippen LogP contribution is 2.29. The van der Waals surface area contributed by atoms with Gasteiger partial charge in [0, 0.05) is 18.4 Å². The maximum absolute atomic E-state index is 14.2. The number of carboxylic acid groups (broad SMARTS) is 1. The molecule has 2 aromatic rings. The summed E-state index contributed by atoms with van der Waals surface area (Å²) < 4.78 is 33.7. The lowest BCUT2D eigenvalue weighted by atomic mass is 10.2. The van der Waals surface area contributed by atoms with Crippen LogP contribution >= 0.6 is 0 Å². The van der Waals surface area contributed by atoms with E-state index in [1.807, 2.05) is 0 Å². The van der Waals surface area contributed by atoms with Crippen molar-refractivity contribution >= 4 is 11.9 Å². The van der Waals surface area contributed by atoms with Crippen molar-refractivity contribution in [3.05, 3.63) is 46.8 Å². The summed E-state index contributed by atoms with van der Waals surface area (Å²) in [5.74, 6) is -4.00. The molecule has 0 spiro atoms. The summed E-state index contributed by atoms with van der Waals surface area (Å²) in [7, 11) is 1.32. The van der Waals surface area contributed by atoms with Crippen molar-refractivity contribution < 1.29 is 28.2 Å². The minimum absolute atomic E-state index is 0.0171. The molecule has 0 radical (unpaired) electrons. The number of nitrogens with zero attached hydrogens (tertiary/aromatic N) is 2. The summed E-state index contributed by atoms with van der Waals surface area (Å²) in [6.45, 7) is -0.206. The standard InChI is InChI=1S/C17H17F2N3O4/c1-26-8-11(17(24)25)20-16(23)15-9-4-2-6-12(9)22(21-15)13-7-3-5-10(18)14(13)19/h3,5,7,11H,2,4,6,8H2,1H3,(H,20,23)(H,24,25). The normalized spacial score (nSPS) is 14.1. The highest BCUT2D eigenvalue weighted by Gasteiger charge is 2.30. The molecule has 1 heterocycles. The lowest BCUT2D eigenvalue weighted by Crippen LogP contribution is -2.44. The zero-order valence-corrected chi connectivity index (χ0v) is 14.0. The topological polar surface area (TPSA) is 93.5 Å². The number of carbonyl (C=O) groups is 2. The summed E-state index contributed by atoms with van der Waals surface area (Å²) in [5, 5.41) is 15.6. The molecule has 7 nitrogen and oxygen atoms in total. The number of carboxylic acids is 1. The zero-order chi connectivity index (χ0) is 18.8. The molecular weight excluding hydrogens is 348 g/mol. The van der Waals surface area contributed by atoms with Gasteiger partial charge in [0.15, 0.2) is 23.4 Å². The Kier molecular flexibility index (Phi) is 4.99. The van der Waals surface area contributed by atoms with E-state index in [2.05, 4.69) is 10.4 Å². The fraction of sp³-hybridized carbons (Fsp3) is 0.353. The molecular formula is C17H17F2N3O4. The number of hydrogen-bond donors (Lipinski definition) is 2. The maximum Gasteiger partial charge on any atom is 0.328 e. The monoisotopic (exact) mass is 365 g/mol. The van der Waals surface area contributed by atoms with Crippen LogP contribution in [0, 0.1) is 11.6 Å². The molecule has 1 aromatic carbocycles. The van der Waals surface area contributed by atoms with E-state index in [1.54, 1.807) is 0 Å². The molecule has 1 atom stereocenters. The van der Waals surface area contributed by atoms with Gasteiger partial charge in [0.05, 0.1) is 6.61 Å². The van der Waals surface area contributed by atoms with Crippen molar-refractivity contribution in [3.8, 4) is 5.69 Å². The highest BCUT2D eigenvalue weighted by molar-refractivity contribution is 5.96. The second-order valence-electron chi connectivity index (χ2n) is 5.93. The fourth-order valence-corrected chi connectivity index (χ4v) is 3.04. The van der Waals surface area contributed by atoms with E-state index in [4.69, 9.17) is 9.84 Å². The van der Waals surface area contributed by atoms with Gasteiger partial charge in [-0.1, -0.05) is 6.07 Å². The molecule has 1 aliphatic rings. The van der Waals surface area contributed by atoms with Gasteiger partial charge < -0.3 is 15.2 Å². The van der Waals surface area contributed by atoms with Crippen LogP contribution in [-0.4, -0.2) is 46.5 Å². The molecule has 0 fully saturated rings. The molecule has 9 heteroatoms. The third-order valence-electron chi connectivity index (χ3n) is 4.24. The van der Waals surface area contributed by atoms with Crippen molar-refractivity contribution in [2.24, 2.45) is 0 Å². The van der Waals surface area contributed by atoms with E-state index in [1.165, 1.54) is 23.9 Å². The number of hydrogen-bond acceptors (Lipinski definition) is 4. The van der Waals surface area contributed by atoms with Crippen LogP contribution in [-0.2, 0) is 22.4 Å². The third kappa shape index (κ3) is 3.17. The molecule has 0 aliphatic heterocycles. The molecule has 3 rings (SSSR count). The Morgan fingerprint density at radius 2 is 2.15 bits per heavy atom. The van der Waals surface area contributed by atoms with Crippen molar-refractivity contribution in [2.45, 2.75) is 25.3 Å². The number of amides is 1. The molecule has 1 unspecified atom stereocenters. The van der Waals surface area contributed by atoms with Crippen LogP contribution in [0.5, 0.6) is 0 Å². The largest absolute Gasteiger partial charge is 0.480 e. The Labute approximate surface area is 147 Å². The van der Waals surface area contributed by atoms with E-state index in [0.717, 1.165) is 12.5 Å². The van der Waals surface area contributed by atoms with Gasteiger partial charge in [-0.2, -0.15) is 5.10 Å².